The smallest absolute Gasteiger partial charge is 0.261 e. The number of hydrogen-bond acceptors (Lipinski definition) is 7. The van der Waals surface area contributed by atoms with Gasteiger partial charge in [-0.15, -0.1) is 10.2 Å². The molecule has 2 heterocycles. The highest BCUT2D eigenvalue weighted by atomic mass is 32.2. The van der Waals surface area contributed by atoms with Crippen LogP contribution in [0.3, 0.4) is 0 Å². The highest BCUT2D eigenvalue weighted by Gasteiger charge is 2.21. The minimum absolute atomic E-state index is 0.0447. The molecular weight excluding hydrogens is 395 g/mol. The second-order valence-electron chi connectivity index (χ2n) is 5.67. The lowest BCUT2D eigenvalue weighted by atomic mass is 10.2. The van der Waals surface area contributed by atoms with Crippen LogP contribution in [0.4, 0.5) is 14.7 Å². The average molecular weight is 410 g/mol. The van der Waals surface area contributed by atoms with Crippen molar-refractivity contribution < 1.29 is 17.6 Å². The number of nitrogens with zero attached hydrogens (tertiary/aromatic N) is 4. The lowest BCUT2D eigenvalue weighted by Crippen LogP contribution is -2.14. The van der Waals surface area contributed by atoms with Gasteiger partial charge in [0.05, 0.1) is 28.9 Å². The molecule has 3 aromatic rings. The largest absolute Gasteiger partial charge is 0.296 e. The van der Waals surface area contributed by atoms with E-state index in [2.05, 4.69) is 25.3 Å². The second kappa shape index (κ2) is 7.04. The summed E-state index contributed by atoms with van der Waals surface area (Å²) in [7, 11) is -3.48. The minimum Gasteiger partial charge on any atom is -0.296 e. The third-order valence-electron chi connectivity index (χ3n) is 3.51. The van der Waals surface area contributed by atoms with Crippen molar-refractivity contribution in [3.8, 4) is 5.69 Å². The fourth-order valence-electron chi connectivity index (χ4n) is 2.44. The number of nitrogens with one attached hydrogen (secondary N) is 2. The fourth-order valence-corrected chi connectivity index (χ4v) is 3.91. The van der Waals surface area contributed by atoms with Crippen LogP contribution in [-0.4, -0.2) is 40.6 Å². The Bertz CT molecular complexity index is 1110. The quantitative estimate of drug-likeness (QED) is 0.665. The van der Waals surface area contributed by atoms with Gasteiger partial charge < -0.3 is 0 Å². The zero-order valence-electron chi connectivity index (χ0n) is 14.5. The van der Waals surface area contributed by atoms with Crippen LogP contribution in [0.15, 0.2) is 24.3 Å². The summed E-state index contributed by atoms with van der Waals surface area (Å²) in [4.78, 5) is 12.6. The molecule has 0 atom stereocenters. The van der Waals surface area contributed by atoms with E-state index < -0.39 is 15.9 Å². The van der Waals surface area contributed by atoms with Gasteiger partial charge >= 0.3 is 0 Å². The van der Waals surface area contributed by atoms with Crippen LogP contribution in [0.5, 0.6) is 0 Å². The lowest BCUT2D eigenvalue weighted by Gasteiger charge is -2.05. The maximum atomic E-state index is 13.1. The van der Waals surface area contributed by atoms with Gasteiger partial charge in [0.1, 0.15) is 5.82 Å². The number of halogens is 1. The van der Waals surface area contributed by atoms with Crippen LogP contribution in [-0.2, 0) is 10.0 Å². The van der Waals surface area contributed by atoms with Gasteiger partial charge in [-0.1, -0.05) is 11.3 Å². The van der Waals surface area contributed by atoms with Crippen molar-refractivity contribution in [3.05, 3.63) is 47.0 Å². The molecule has 12 heteroatoms. The molecule has 9 nitrogen and oxygen atoms in total. The maximum absolute atomic E-state index is 13.1. The molecule has 0 spiro atoms. The first-order chi connectivity index (χ1) is 12.6. The maximum Gasteiger partial charge on any atom is 0.261 e. The Balaban J connectivity index is 1.84. The summed E-state index contributed by atoms with van der Waals surface area (Å²) in [5.74, 6) is -0.826. The van der Waals surface area contributed by atoms with Gasteiger partial charge in [-0.05, 0) is 38.1 Å². The molecule has 1 amide bonds. The molecule has 0 fully saturated rings. The number of rotatable bonds is 5. The number of carbonyl (C=O) groups excluding carboxylic acids is 1. The first kappa shape index (κ1) is 18.9. The van der Waals surface area contributed by atoms with Crippen molar-refractivity contribution >= 4 is 37.5 Å². The first-order valence-electron chi connectivity index (χ1n) is 7.59. The van der Waals surface area contributed by atoms with E-state index in [1.165, 1.54) is 12.1 Å². The van der Waals surface area contributed by atoms with Gasteiger partial charge in [0.25, 0.3) is 5.91 Å². The summed E-state index contributed by atoms with van der Waals surface area (Å²) in [6, 6.07) is 5.74. The number of amides is 1. The number of hydrogen-bond donors (Lipinski definition) is 2. The number of aryl methyl sites for hydroxylation is 1. The van der Waals surface area contributed by atoms with E-state index in [0.29, 0.717) is 22.6 Å². The van der Waals surface area contributed by atoms with Crippen LogP contribution in [0.1, 0.15) is 21.7 Å². The SMILES string of the molecule is Cc1nn(-c2ccc(F)cc2)c(C)c1C(=O)Nc1nnc(NS(C)(=O)=O)s1. The number of carbonyl (C=O) groups is 1. The molecule has 0 aliphatic carbocycles. The molecule has 0 radical (unpaired) electrons. The van der Waals surface area contributed by atoms with E-state index in [-0.39, 0.29) is 16.1 Å². The van der Waals surface area contributed by atoms with E-state index >= 15 is 0 Å². The Morgan fingerprint density at radius 2 is 1.78 bits per heavy atom. The van der Waals surface area contributed by atoms with Gasteiger partial charge in [-0.25, -0.2) is 17.5 Å². The molecule has 3 rings (SSSR count). The number of benzene rings is 1. The van der Waals surface area contributed by atoms with Crippen LogP contribution in [0.25, 0.3) is 5.69 Å². The van der Waals surface area contributed by atoms with Crippen molar-refractivity contribution in [1.82, 2.24) is 20.0 Å². The van der Waals surface area contributed by atoms with Gasteiger partial charge in [-0.3, -0.25) is 14.8 Å². The first-order valence-corrected chi connectivity index (χ1v) is 10.3. The van der Waals surface area contributed by atoms with Crippen LogP contribution in [0.2, 0.25) is 0 Å². The minimum atomic E-state index is -3.48. The normalized spacial score (nSPS) is 11.4. The number of aromatic nitrogens is 4. The Kier molecular flexibility index (Phi) is 4.93. The van der Waals surface area contributed by atoms with E-state index in [0.717, 1.165) is 17.6 Å². The highest BCUT2D eigenvalue weighted by Crippen LogP contribution is 2.23. The summed E-state index contributed by atoms with van der Waals surface area (Å²) in [6.45, 7) is 3.40. The molecule has 0 unspecified atom stereocenters. The number of sulfonamides is 1. The van der Waals surface area contributed by atoms with Gasteiger partial charge in [0.2, 0.25) is 20.3 Å². The third-order valence-corrected chi connectivity index (χ3v) is 4.96. The lowest BCUT2D eigenvalue weighted by molar-refractivity contribution is 0.102. The van der Waals surface area contributed by atoms with Crippen molar-refractivity contribution in [1.29, 1.82) is 0 Å². The predicted octanol–water partition coefficient (Wildman–Crippen LogP) is 2.10. The van der Waals surface area contributed by atoms with Crippen molar-refractivity contribution in [2.45, 2.75) is 13.8 Å². The molecule has 1 aromatic carbocycles. The van der Waals surface area contributed by atoms with E-state index in [1.54, 1.807) is 30.7 Å². The summed E-state index contributed by atoms with van der Waals surface area (Å²) in [5, 5.41) is 14.5. The van der Waals surface area contributed by atoms with Gasteiger partial charge in [0, 0.05) is 0 Å². The fraction of sp³-hybridized carbons (Fsp3) is 0.200. The molecule has 2 aromatic heterocycles. The molecule has 0 aliphatic rings. The van der Waals surface area contributed by atoms with E-state index in [4.69, 9.17) is 0 Å². The Morgan fingerprint density at radius 1 is 1.15 bits per heavy atom. The molecule has 2 N–H and O–H groups in total. The van der Waals surface area contributed by atoms with Crippen LogP contribution >= 0.6 is 11.3 Å². The standard InChI is InChI=1S/C15H15FN6O3S2/c1-8-12(9(2)22(20-8)11-6-4-10(16)5-7-11)13(23)17-14-18-19-15(26-14)21-27(3,24)25/h4-7H,1-3H3,(H,19,21)(H,17,18,23). The average Bonchev–Trinajstić information content (AvgIpc) is 3.10. The molecule has 0 bridgehead atoms. The zero-order chi connectivity index (χ0) is 19.8. The summed E-state index contributed by atoms with van der Waals surface area (Å²) in [6.07, 6.45) is 0.989. The summed E-state index contributed by atoms with van der Waals surface area (Å²) >= 11 is 0.886. The highest BCUT2D eigenvalue weighted by molar-refractivity contribution is 7.92. The molecule has 0 saturated carbocycles. The number of anilines is 2. The van der Waals surface area contributed by atoms with E-state index in [1.807, 2.05) is 0 Å². The van der Waals surface area contributed by atoms with Crippen LogP contribution < -0.4 is 10.0 Å². The zero-order valence-corrected chi connectivity index (χ0v) is 16.2. The molecular formula is C15H15FN6O3S2. The van der Waals surface area contributed by atoms with Crippen LogP contribution in [0, 0.1) is 19.7 Å². The van der Waals surface area contributed by atoms with Gasteiger partial charge in [0.15, 0.2) is 0 Å². The molecule has 0 saturated heterocycles. The van der Waals surface area contributed by atoms with Crippen molar-refractivity contribution in [3.63, 3.8) is 0 Å². The van der Waals surface area contributed by atoms with Crippen molar-refractivity contribution in [2.24, 2.45) is 0 Å². The molecule has 0 aliphatic heterocycles. The molecule has 142 valence electrons. The Hall–Kier alpha value is -2.86. The predicted molar refractivity (Wildman–Crippen MR) is 99.3 cm³/mol. The second-order valence-corrected chi connectivity index (χ2v) is 8.40. The Labute approximate surface area is 158 Å². The van der Waals surface area contributed by atoms with Gasteiger partial charge in [-0.2, -0.15) is 5.10 Å². The van der Waals surface area contributed by atoms with Crippen molar-refractivity contribution in [2.75, 3.05) is 16.3 Å². The summed E-state index contributed by atoms with van der Waals surface area (Å²) in [5.41, 5.74) is 2.00. The topological polar surface area (TPSA) is 119 Å². The summed E-state index contributed by atoms with van der Waals surface area (Å²) < 4.78 is 39.3. The van der Waals surface area contributed by atoms with E-state index in [9.17, 15) is 17.6 Å². The molecule has 27 heavy (non-hydrogen) atoms. The monoisotopic (exact) mass is 410 g/mol. The Morgan fingerprint density at radius 3 is 2.41 bits per heavy atom. The third kappa shape index (κ3) is 4.28.